The average Bonchev–Trinajstić information content (AvgIpc) is 2.41. The van der Waals surface area contributed by atoms with Crippen LogP contribution in [0.4, 0.5) is 4.39 Å². The smallest absolute Gasteiger partial charge is 0.307 e. The molecule has 20 heavy (non-hydrogen) atoms. The molecule has 0 aromatic heterocycles. The zero-order valence-electron chi connectivity index (χ0n) is 10.5. The van der Waals surface area contributed by atoms with Gasteiger partial charge in [0.2, 0.25) is 0 Å². The second-order valence-corrected chi connectivity index (χ2v) is 6.06. The molecule has 2 aromatic carbocycles. The minimum atomic E-state index is -0.839. The highest BCUT2D eigenvalue weighted by atomic mass is 79.9. The van der Waals surface area contributed by atoms with Crippen molar-refractivity contribution in [2.24, 2.45) is 0 Å². The molecule has 2 aromatic rings. The third kappa shape index (κ3) is 4.08. The van der Waals surface area contributed by atoms with Gasteiger partial charge in [-0.1, -0.05) is 24.3 Å². The molecule has 1 N–H and O–H groups in total. The Labute approximate surface area is 129 Å². The van der Waals surface area contributed by atoms with Crippen LogP contribution < -0.4 is 0 Å². The second-order valence-electron chi connectivity index (χ2n) is 4.22. The topological polar surface area (TPSA) is 37.3 Å². The van der Waals surface area contributed by atoms with E-state index in [2.05, 4.69) is 15.9 Å². The Morgan fingerprint density at radius 2 is 1.90 bits per heavy atom. The van der Waals surface area contributed by atoms with E-state index < -0.39 is 5.97 Å². The molecule has 0 bridgehead atoms. The number of carbonyl (C=O) groups is 1. The van der Waals surface area contributed by atoms with Crippen LogP contribution in [0.25, 0.3) is 0 Å². The monoisotopic (exact) mass is 354 g/mol. The van der Waals surface area contributed by atoms with Crippen molar-refractivity contribution >= 4 is 33.7 Å². The minimum Gasteiger partial charge on any atom is -0.481 e. The first-order valence-electron chi connectivity index (χ1n) is 5.92. The maximum absolute atomic E-state index is 13.4. The number of carboxylic acids is 1. The number of halogens is 2. The van der Waals surface area contributed by atoms with E-state index in [0.29, 0.717) is 10.2 Å². The van der Waals surface area contributed by atoms with Crippen LogP contribution in [-0.4, -0.2) is 11.1 Å². The number of hydrogen-bond donors (Lipinski definition) is 1. The molecular formula is C15H12BrFO2S. The summed E-state index contributed by atoms with van der Waals surface area (Å²) < 4.78 is 13.9. The lowest BCUT2D eigenvalue weighted by molar-refractivity contribution is -0.136. The van der Waals surface area contributed by atoms with Crippen molar-refractivity contribution in [2.45, 2.75) is 17.1 Å². The molecule has 0 atom stereocenters. The highest BCUT2D eigenvalue weighted by molar-refractivity contribution is 9.10. The van der Waals surface area contributed by atoms with Crippen molar-refractivity contribution in [2.75, 3.05) is 0 Å². The maximum Gasteiger partial charge on any atom is 0.307 e. The van der Waals surface area contributed by atoms with Gasteiger partial charge in [0.1, 0.15) is 5.82 Å². The van der Waals surface area contributed by atoms with Crippen molar-refractivity contribution in [1.29, 1.82) is 0 Å². The normalized spacial score (nSPS) is 10.5. The van der Waals surface area contributed by atoms with Gasteiger partial charge in [0.15, 0.2) is 0 Å². The van der Waals surface area contributed by atoms with Crippen LogP contribution >= 0.6 is 27.7 Å². The number of thioether (sulfide) groups is 1. The Morgan fingerprint density at radius 3 is 2.55 bits per heavy atom. The average molecular weight is 355 g/mol. The molecule has 0 amide bonds. The summed E-state index contributed by atoms with van der Waals surface area (Å²) in [6.45, 7) is 0. The summed E-state index contributed by atoms with van der Waals surface area (Å²) >= 11 is 4.82. The predicted octanol–water partition coefficient (Wildman–Crippen LogP) is 4.51. The molecule has 0 saturated heterocycles. The van der Waals surface area contributed by atoms with Crippen LogP contribution in [-0.2, 0) is 17.0 Å². The summed E-state index contributed by atoms with van der Waals surface area (Å²) in [5.41, 5.74) is 1.67. The Kier molecular flexibility index (Phi) is 5.20. The zero-order valence-corrected chi connectivity index (χ0v) is 12.9. The number of aliphatic carboxylic acids is 1. The van der Waals surface area contributed by atoms with E-state index in [0.717, 1.165) is 16.0 Å². The third-order valence-corrected chi connectivity index (χ3v) is 4.65. The molecule has 5 heteroatoms. The van der Waals surface area contributed by atoms with Crippen LogP contribution in [0, 0.1) is 5.82 Å². The molecule has 0 unspecified atom stereocenters. The number of benzene rings is 2. The zero-order chi connectivity index (χ0) is 14.5. The van der Waals surface area contributed by atoms with Gasteiger partial charge in [-0.3, -0.25) is 4.79 Å². The SMILES string of the molecule is O=C(O)Cc1ccc(SCc2cccc(F)c2Br)cc1. The predicted molar refractivity (Wildman–Crippen MR) is 81.4 cm³/mol. The van der Waals surface area contributed by atoms with E-state index in [1.807, 2.05) is 18.2 Å². The van der Waals surface area contributed by atoms with Gasteiger partial charge in [-0.15, -0.1) is 11.8 Å². The van der Waals surface area contributed by atoms with E-state index in [1.54, 1.807) is 30.0 Å². The molecule has 2 nitrogen and oxygen atoms in total. The molecule has 0 spiro atoms. The summed E-state index contributed by atoms with van der Waals surface area (Å²) in [5, 5.41) is 8.70. The minimum absolute atomic E-state index is 0.0282. The second kappa shape index (κ2) is 6.90. The molecule has 0 aliphatic carbocycles. The van der Waals surface area contributed by atoms with Crippen LogP contribution in [0.15, 0.2) is 51.8 Å². The molecule has 0 aliphatic heterocycles. The molecule has 0 heterocycles. The molecule has 0 radical (unpaired) electrons. The summed E-state index contributed by atoms with van der Waals surface area (Å²) in [6.07, 6.45) is 0.0282. The summed E-state index contributed by atoms with van der Waals surface area (Å²) in [5.74, 6) is -0.453. The number of hydrogen-bond acceptors (Lipinski definition) is 2. The van der Waals surface area contributed by atoms with Crippen LogP contribution in [0.1, 0.15) is 11.1 Å². The first-order chi connectivity index (χ1) is 9.56. The standard InChI is InChI=1S/C15H12BrFO2S/c16-15-11(2-1-3-13(15)17)9-20-12-6-4-10(5-7-12)8-14(18)19/h1-7H,8-9H2,(H,18,19). The molecule has 0 fully saturated rings. The van der Waals surface area contributed by atoms with Crippen LogP contribution in [0.2, 0.25) is 0 Å². The van der Waals surface area contributed by atoms with Crippen molar-refractivity contribution in [1.82, 2.24) is 0 Å². The molecule has 0 aliphatic rings. The fraction of sp³-hybridized carbons (Fsp3) is 0.133. The van der Waals surface area contributed by atoms with Crippen molar-refractivity contribution in [3.05, 3.63) is 63.9 Å². The van der Waals surface area contributed by atoms with Gasteiger partial charge in [-0.2, -0.15) is 0 Å². The van der Waals surface area contributed by atoms with Gasteiger partial charge < -0.3 is 5.11 Å². The Balaban J connectivity index is 2.00. The van der Waals surface area contributed by atoms with Gasteiger partial charge in [0.05, 0.1) is 10.9 Å². The van der Waals surface area contributed by atoms with E-state index in [-0.39, 0.29) is 12.2 Å². The van der Waals surface area contributed by atoms with Gasteiger partial charge in [-0.05, 0) is 45.3 Å². The first-order valence-corrected chi connectivity index (χ1v) is 7.70. The van der Waals surface area contributed by atoms with E-state index in [4.69, 9.17) is 5.11 Å². The van der Waals surface area contributed by atoms with Gasteiger partial charge in [0, 0.05) is 10.6 Å². The lowest BCUT2D eigenvalue weighted by Crippen LogP contribution is -1.99. The van der Waals surface area contributed by atoms with E-state index in [1.165, 1.54) is 6.07 Å². The third-order valence-electron chi connectivity index (χ3n) is 2.70. The van der Waals surface area contributed by atoms with Crippen molar-refractivity contribution in [3.8, 4) is 0 Å². The van der Waals surface area contributed by atoms with Crippen molar-refractivity contribution < 1.29 is 14.3 Å². The van der Waals surface area contributed by atoms with E-state index in [9.17, 15) is 9.18 Å². The highest BCUT2D eigenvalue weighted by Gasteiger charge is 2.06. The Bertz CT molecular complexity index is 614. The summed E-state index contributed by atoms with van der Waals surface area (Å²) in [4.78, 5) is 11.6. The van der Waals surface area contributed by atoms with Gasteiger partial charge in [0.25, 0.3) is 0 Å². The Hall–Kier alpha value is -1.33. The molecule has 0 saturated carbocycles. The fourth-order valence-electron chi connectivity index (χ4n) is 1.70. The van der Waals surface area contributed by atoms with Crippen LogP contribution in [0.5, 0.6) is 0 Å². The van der Waals surface area contributed by atoms with Gasteiger partial charge >= 0.3 is 5.97 Å². The van der Waals surface area contributed by atoms with Crippen molar-refractivity contribution in [3.63, 3.8) is 0 Å². The van der Waals surface area contributed by atoms with Crippen LogP contribution in [0.3, 0.4) is 0 Å². The Morgan fingerprint density at radius 1 is 1.20 bits per heavy atom. The highest BCUT2D eigenvalue weighted by Crippen LogP contribution is 2.28. The largest absolute Gasteiger partial charge is 0.481 e. The lowest BCUT2D eigenvalue weighted by Gasteiger charge is -2.06. The molecule has 2 rings (SSSR count). The summed E-state index contributed by atoms with van der Waals surface area (Å²) in [6, 6.07) is 12.4. The quantitative estimate of drug-likeness (QED) is 0.802. The van der Waals surface area contributed by atoms with E-state index >= 15 is 0 Å². The number of carboxylic acid groups (broad SMARTS) is 1. The molecular weight excluding hydrogens is 343 g/mol. The first kappa shape index (κ1) is 15.1. The number of rotatable bonds is 5. The lowest BCUT2D eigenvalue weighted by atomic mass is 10.2. The molecule has 104 valence electrons. The fourth-order valence-corrected chi connectivity index (χ4v) is 3.18. The maximum atomic E-state index is 13.4. The summed E-state index contributed by atoms with van der Waals surface area (Å²) in [7, 11) is 0. The van der Waals surface area contributed by atoms with Gasteiger partial charge in [-0.25, -0.2) is 4.39 Å².